The molecule has 2 aliphatic heterocycles. The number of para-hydroxylation sites is 1. The highest BCUT2D eigenvalue weighted by molar-refractivity contribution is 5.96. The van der Waals surface area contributed by atoms with Crippen molar-refractivity contribution in [2.75, 3.05) is 32.7 Å². The van der Waals surface area contributed by atoms with Crippen LogP contribution in [0.4, 0.5) is 0 Å². The Hall–Kier alpha value is -3.21. The summed E-state index contributed by atoms with van der Waals surface area (Å²) < 4.78 is 0. The van der Waals surface area contributed by atoms with Gasteiger partial charge in [-0.3, -0.25) is 9.69 Å². The molecule has 0 radical (unpaired) electrons. The minimum atomic E-state index is 0.311. The Bertz CT molecular complexity index is 1360. The van der Waals surface area contributed by atoms with Crippen LogP contribution in [0.15, 0.2) is 85.1 Å². The van der Waals surface area contributed by atoms with Crippen LogP contribution in [0, 0.1) is 5.92 Å². The summed E-state index contributed by atoms with van der Waals surface area (Å²) in [6, 6.07) is 28.0. The van der Waals surface area contributed by atoms with Gasteiger partial charge in [0, 0.05) is 42.2 Å². The van der Waals surface area contributed by atoms with Crippen LogP contribution in [0.25, 0.3) is 10.9 Å². The summed E-state index contributed by atoms with van der Waals surface area (Å²) in [6.07, 6.45) is 9.79. The number of aromatic nitrogens is 1. The number of hydrogen-bond donors (Lipinski definition) is 1. The van der Waals surface area contributed by atoms with E-state index in [2.05, 4.69) is 99.8 Å². The van der Waals surface area contributed by atoms with Crippen LogP contribution in [0.1, 0.15) is 71.5 Å². The predicted octanol–water partition coefficient (Wildman–Crippen LogP) is 7.47. The number of fused-ring (bicyclic) bond motifs is 1. The van der Waals surface area contributed by atoms with Crippen molar-refractivity contribution in [3.05, 3.63) is 107 Å². The van der Waals surface area contributed by atoms with Crippen molar-refractivity contribution in [1.29, 1.82) is 0 Å². The number of ketones is 1. The number of nitrogens with zero attached hydrogens (tertiary/aromatic N) is 2. The molecule has 1 aromatic heterocycles. The second-order valence-electron chi connectivity index (χ2n) is 12.0. The molecule has 6 rings (SSSR count). The molecule has 3 heterocycles. The van der Waals surface area contributed by atoms with Gasteiger partial charge in [0.15, 0.2) is 5.78 Å². The molecule has 0 saturated carbocycles. The Morgan fingerprint density at radius 1 is 0.775 bits per heavy atom. The Morgan fingerprint density at radius 2 is 1.48 bits per heavy atom. The minimum absolute atomic E-state index is 0.311. The van der Waals surface area contributed by atoms with Crippen molar-refractivity contribution >= 4 is 16.7 Å². The lowest BCUT2D eigenvalue weighted by molar-refractivity contribution is 0.0961. The van der Waals surface area contributed by atoms with Crippen LogP contribution in [-0.4, -0.2) is 53.3 Å². The number of carbonyl (C=O) groups is 1. The Balaban J connectivity index is 0.910. The van der Waals surface area contributed by atoms with Gasteiger partial charge in [-0.15, -0.1) is 0 Å². The summed E-state index contributed by atoms with van der Waals surface area (Å²) in [6.45, 7) is 6.75. The van der Waals surface area contributed by atoms with Crippen molar-refractivity contribution in [3.63, 3.8) is 0 Å². The van der Waals surface area contributed by atoms with Crippen LogP contribution < -0.4 is 0 Å². The van der Waals surface area contributed by atoms with Crippen LogP contribution in [0.3, 0.4) is 0 Å². The molecular formula is C36H43N3O. The summed E-state index contributed by atoms with van der Waals surface area (Å²) in [5.74, 6) is 1.59. The van der Waals surface area contributed by atoms with Gasteiger partial charge >= 0.3 is 0 Å². The fourth-order valence-corrected chi connectivity index (χ4v) is 6.80. The molecule has 3 aromatic carbocycles. The van der Waals surface area contributed by atoms with E-state index >= 15 is 0 Å². The van der Waals surface area contributed by atoms with Crippen LogP contribution in [0.5, 0.6) is 0 Å². The first-order valence-corrected chi connectivity index (χ1v) is 15.4. The van der Waals surface area contributed by atoms with Gasteiger partial charge in [-0.25, -0.2) is 0 Å². The number of piperidine rings is 2. The maximum Gasteiger partial charge on any atom is 0.162 e. The van der Waals surface area contributed by atoms with Gasteiger partial charge in [-0.2, -0.15) is 0 Å². The molecule has 0 unspecified atom stereocenters. The highest BCUT2D eigenvalue weighted by atomic mass is 16.1. The van der Waals surface area contributed by atoms with E-state index in [0.29, 0.717) is 24.0 Å². The zero-order valence-corrected chi connectivity index (χ0v) is 23.7. The molecule has 0 amide bonds. The molecule has 0 atom stereocenters. The number of H-pyrrole nitrogens is 1. The van der Waals surface area contributed by atoms with E-state index in [1.54, 1.807) is 0 Å². The van der Waals surface area contributed by atoms with Gasteiger partial charge in [0.1, 0.15) is 0 Å². The molecular weight excluding hydrogens is 490 g/mol. The Labute approximate surface area is 239 Å². The van der Waals surface area contributed by atoms with Gasteiger partial charge in [0.2, 0.25) is 0 Å². The number of rotatable bonds is 10. The molecule has 4 nitrogen and oxygen atoms in total. The van der Waals surface area contributed by atoms with E-state index in [9.17, 15) is 4.79 Å². The summed E-state index contributed by atoms with van der Waals surface area (Å²) >= 11 is 0. The lowest BCUT2D eigenvalue weighted by Crippen LogP contribution is -2.34. The average molecular weight is 534 g/mol. The number of likely N-dealkylation sites (tertiary alicyclic amines) is 2. The third kappa shape index (κ3) is 6.74. The van der Waals surface area contributed by atoms with Crippen molar-refractivity contribution < 1.29 is 4.79 Å². The first-order valence-electron chi connectivity index (χ1n) is 15.4. The molecule has 1 N–H and O–H groups in total. The normalized spacial score (nSPS) is 17.9. The molecule has 0 aliphatic carbocycles. The summed E-state index contributed by atoms with van der Waals surface area (Å²) in [4.78, 5) is 21.5. The Morgan fingerprint density at radius 3 is 2.25 bits per heavy atom. The average Bonchev–Trinajstić information content (AvgIpc) is 3.43. The molecule has 40 heavy (non-hydrogen) atoms. The molecule has 0 bridgehead atoms. The minimum Gasteiger partial charge on any atom is -0.361 e. The SMILES string of the molecule is O=C(CCC1CCN(Cc2ccccc2)CC1)c1ccc(C2CCN(CCc3c[nH]c4ccccc34)CC2)cc1. The third-order valence-corrected chi connectivity index (χ3v) is 9.40. The predicted molar refractivity (Wildman–Crippen MR) is 165 cm³/mol. The van der Waals surface area contributed by atoms with E-state index in [1.807, 2.05) is 0 Å². The monoisotopic (exact) mass is 533 g/mol. The number of carbonyl (C=O) groups excluding carboxylic acids is 1. The maximum atomic E-state index is 13.0. The smallest absolute Gasteiger partial charge is 0.162 e. The van der Waals surface area contributed by atoms with Gasteiger partial charge < -0.3 is 9.88 Å². The summed E-state index contributed by atoms with van der Waals surface area (Å²) in [7, 11) is 0. The zero-order valence-electron chi connectivity index (χ0n) is 23.7. The van der Waals surface area contributed by atoms with Crippen molar-refractivity contribution in [2.24, 2.45) is 5.92 Å². The van der Waals surface area contributed by atoms with Gasteiger partial charge in [0.25, 0.3) is 0 Å². The fraction of sp³-hybridized carbons (Fsp3) is 0.417. The molecule has 2 saturated heterocycles. The fourth-order valence-electron chi connectivity index (χ4n) is 6.80. The highest BCUT2D eigenvalue weighted by Gasteiger charge is 2.22. The van der Waals surface area contributed by atoms with E-state index in [4.69, 9.17) is 0 Å². The van der Waals surface area contributed by atoms with Gasteiger partial charge in [-0.1, -0.05) is 72.8 Å². The van der Waals surface area contributed by atoms with Crippen LogP contribution in [-0.2, 0) is 13.0 Å². The second kappa shape index (κ2) is 13.0. The molecule has 0 spiro atoms. The molecule has 208 valence electrons. The van der Waals surface area contributed by atoms with E-state index in [-0.39, 0.29) is 0 Å². The molecule has 4 aromatic rings. The van der Waals surface area contributed by atoms with Crippen LogP contribution >= 0.6 is 0 Å². The summed E-state index contributed by atoms with van der Waals surface area (Å²) in [5.41, 5.74) is 6.34. The van der Waals surface area contributed by atoms with E-state index < -0.39 is 0 Å². The number of hydrogen-bond acceptors (Lipinski definition) is 3. The van der Waals surface area contributed by atoms with Crippen LogP contribution in [0.2, 0.25) is 0 Å². The third-order valence-electron chi connectivity index (χ3n) is 9.40. The number of aromatic amines is 1. The lowest BCUT2D eigenvalue weighted by atomic mass is 9.87. The summed E-state index contributed by atoms with van der Waals surface area (Å²) in [5, 5.41) is 1.36. The Kier molecular flexibility index (Phi) is 8.75. The standard InChI is InChI=1S/C36H43N3O/c40-36(15-10-28-16-21-39(22-17-28)27-29-6-2-1-3-7-29)32-13-11-30(12-14-32)31-18-23-38(24-19-31)25-20-33-26-37-35-9-5-4-8-34(33)35/h1-9,11-14,26,28,31,37H,10,15-25,27H2. The second-order valence-corrected chi connectivity index (χ2v) is 12.0. The van der Waals surface area contributed by atoms with Gasteiger partial charge in [0.05, 0.1) is 0 Å². The molecule has 4 heteroatoms. The largest absolute Gasteiger partial charge is 0.361 e. The maximum absolute atomic E-state index is 13.0. The molecule has 2 aliphatic rings. The van der Waals surface area contributed by atoms with Crippen molar-refractivity contribution in [2.45, 2.75) is 57.4 Å². The highest BCUT2D eigenvalue weighted by Crippen LogP contribution is 2.29. The van der Waals surface area contributed by atoms with Crippen molar-refractivity contribution in [1.82, 2.24) is 14.8 Å². The quantitative estimate of drug-likeness (QED) is 0.215. The lowest BCUT2D eigenvalue weighted by Gasteiger charge is -2.32. The number of benzene rings is 3. The van der Waals surface area contributed by atoms with Crippen molar-refractivity contribution in [3.8, 4) is 0 Å². The number of Topliss-reactive ketones (excluding diaryl/α,β-unsaturated/α-hetero) is 1. The van der Waals surface area contributed by atoms with Gasteiger partial charge in [-0.05, 0) is 99.3 Å². The van der Waals surface area contributed by atoms with E-state index in [1.165, 1.54) is 53.3 Å². The van der Waals surface area contributed by atoms with E-state index in [0.717, 1.165) is 57.7 Å². The first kappa shape index (κ1) is 27.0. The first-order chi connectivity index (χ1) is 19.7. The topological polar surface area (TPSA) is 39.3 Å². The number of nitrogens with one attached hydrogen (secondary N) is 1. The molecule has 2 fully saturated rings. The zero-order chi connectivity index (χ0) is 27.1.